The number of hydrogen-bond acceptors (Lipinski definition) is 3. The lowest BCUT2D eigenvalue weighted by molar-refractivity contribution is 0.0828. The number of para-hydroxylation sites is 1. The lowest BCUT2D eigenvalue weighted by Gasteiger charge is -2.25. The molecule has 2 aromatic carbocycles. The Labute approximate surface area is 156 Å². The number of anilines is 2. The first-order chi connectivity index (χ1) is 12.8. The highest BCUT2D eigenvalue weighted by molar-refractivity contribution is 6.02. The van der Waals surface area contributed by atoms with Crippen molar-refractivity contribution in [2.75, 3.05) is 26.0 Å². The number of aryl methyl sites for hydroxylation is 4. The maximum absolute atomic E-state index is 12.7. The zero-order valence-electron chi connectivity index (χ0n) is 17.3. The molecule has 3 aromatic rings. The van der Waals surface area contributed by atoms with Crippen LogP contribution in [0, 0.1) is 20.8 Å². The first-order valence-corrected chi connectivity index (χ1v) is 8.58. The van der Waals surface area contributed by atoms with E-state index in [1.165, 1.54) is 0 Å². The van der Waals surface area contributed by atoms with E-state index in [1.54, 1.807) is 19.0 Å². The van der Waals surface area contributed by atoms with Gasteiger partial charge in [-0.05, 0) is 44.0 Å². The molecule has 26 heavy (non-hydrogen) atoms. The van der Waals surface area contributed by atoms with Gasteiger partial charge in [0.15, 0.2) is 0 Å². The largest absolute Gasteiger partial charge is 0.345 e. The molecular formula is C21H26N4O. The third-order valence-electron chi connectivity index (χ3n) is 4.84. The molecule has 0 atom stereocenters. The van der Waals surface area contributed by atoms with Crippen LogP contribution in [0.1, 0.15) is 28.7 Å². The quantitative estimate of drug-likeness (QED) is 0.717. The van der Waals surface area contributed by atoms with E-state index in [0.29, 0.717) is 5.56 Å². The van der Waals surface area contributed by atoms with Gasteiger partial charge in [0.2, 0.25) is 0 Å². The number of fused-ring (bicyclic) bond motifs is 1. The van der Waals surface area contributed by atoms with Crippen LogP contribution < -0.4 is 4.90 Å². The van der Waals surface area contributed by atoms with E-state index in [2.05, 4.69) is 0 Å². The van der Waals surface area contributed by atoms with Crippen molar-refractivity contribution in [2.24, 2.45) is 7.05 Å². The van der Waals surface area contributed by atoms with E-state index in [-0.39, 0.29) is 12.9 Å². The second-order valence-electron chi connectivity index (χ2n) is 6.95. The van der Waals surface area contributed by atoms with Crippen LogP contribution in [0.3, 0.4) is 0 Å². The number of amides is 1. The minimum atomic E-state index is -0.0663. The summed E-state index contributed by atoms with van der Waals surface area (Å²) in [4.78, 5) is 20.9. The van der Waals surface area contributed by atoms with E-state index < -0.39 is 0 Å². The average Bonchev–Trinajstić information content (AvgIpc) is 2.91. The first-order valence-electron chi connectivity index (χ1n) is 9.28. The van der Waals surface area contributed by atoms with E-state index in [1.807, 2.05) is 67.6 Å². The molecule has 5 nitrogen and oxygen atoms in total. The predicted molar refractivity (Wildman–Crippen MR) is 107 cm³/mol. The lowest BCUT2D eigenvalue weighted by Crippen LogP contribution is -2.22. The number of carbonyl (C=O) groups is 1. The zero-order chi connectivity index (χ0) is 19.9. The van der Waals surface area contributed by atoms with Crippen LogP contribution in [0.15, 0.2) is 30.3 Å². The van der Waals surface area contributed by atoms with Gasteiger partial charge in [-0.2, -0.15) is 0 Å². The number of imidazole rings is 1. The molecule has 0 N–H and O–H groups in total. The first kappa shape index (κ1) is 16.6. The molecule has 0 aliphatic carbocycles. The summed E-state index contributed by atoms with van der Waals surface area (Å²) in [6, 6.07) is 9.84. The normalized spacial score (nSPS) is 11.5. The van der Waals surface area contributed by atoms with E-state index in [4.69, 9.17) is 6.35 Å². The molecule has 0 aliphatic heterocycles. The molecule has 0 unspecified atom stereocenters. The van der Waals surface area contributed by atoms with Crippen molar-refractivity contribution < 1.29 is 6.17 Å². The fraction of sp³-hybridized carbons (Fsp3) is 0.333. The van der Waals surface area contributed by atoms with Gasteiger partial charge >= 0.3 is 0 Å². The third-order valence-corrected chi connectivity index (χ3v) is 4.84. The lowest BCUT2D eigenvalue weighted by atomic mass is 10.1. The van der Waals surface area contributed by atoms with Crippen molar-refractivity contribution in [3.05, 3.63) is 52.8 Å². The van der Waals surface area contributed by atoms with Crippen LogP contribution in [0.2, 0.25) is 0 Å². The summed E-state index contributed by atoms with van der Waals surface area (Å²) in [6.45, 7) is 6.03. The number of rotatable bonds is 3. The summed E-state index contributed by atoms with van der Waals surface area (Å²) in [6.07, 6.45) is 0. The molecule has 0 radical (unpaired) electrons. The number of carbonyl (C=O) groups excluding carboxylic acids is 1. The second-order valence-corrected chi connectivity index (χ2v) is 6.95. The SMILES string of the molecule is [2H]CN(c1c(C)cccc1C)c1cc(C(=O)N(C)C)cc2c1nc(C)n2C. The Morgan fingerprint density at radius 3 is 2.38 bits per heavy atom. The molecule has 136 valence electrons. The highest BCUT2D eigenvalue weighted by Crippen LogP contribution is 2.35. The summed E-state index contributed by atoms with van der Waals surface area (Å²) in [5, 5.41) is 0. The minimum Gasteiger partial charge on any atom is -0.345 e. The molecule has 0 aliphatic rings. The second kappa shape index (κ2) is 6.48. The zero-order valence-corrected chi connectivity index (χ0v) is 16.3. The van der Waals surface area contributed by atoms with Crippen molar-refractivity contribution >= 4 is 28.3 Å². The predicted octanol–water partition coefficient (Wildman–Crippen LogP) is 3.97. The summed E-state index contributed by atoms with van der Waals surface area (Å²) < 4.78 is 10.2. The van der Waals surface area contributed by atoms with Gasteiger partial charge in [-0.25, -0.2) is 4.98 Å². The summed E-state index contributed by atoms with van der Waals surface area (Å²) in [7, 11) is 5.47. The van der Waals surface area contributed by atoms with Gasteiger partial charge in [-0.1, -0.05) is 18.2 Å². The van der Waals surface area contributed by atoms with Gasteiger partial charge in [0.1, 0.15) is 11.3 Å². The van der Waals surface area contributed by atoms with Crippen molar-refractivity contribution in [1.82, 2.24) is 14.5 Å². The standard InChI is InChI=1S/C21H26N4O/c1-13-9-8-10-14(2)20(13)25(7)18-12-16(21(26)23(4)5)11-17-19(18)22-15(3)24(17)6/h8-12H,1-7H3/i7D. The number of aromatic nitrogens is 2. The van der Waals surface area contributed by atoms with Crippen LogP contribution in [-0.2, 0) is 7.05 Å². The Kier molecular flexibility index (Phi) is 4.15. The Hall–Kier alpha value is -2.82. The molecule has 0 saturated carbocycles. The highest BCUT2D eigenvalue weighted by atomic mass is 16.2. The number of nitrogens with zero attached hydrogens (tertiary/aromatic N) is 4. The topological polar surface area (TPSA) is 41.4 Å². The summed E-state index contributed by atoms with van der Waals surface area (Å²) in [5.41, 5.74) is 6.25. The van der Waals surface area contributed by atoms with Gasteiger partial charge in [0.25, 0.3) is 5.91 Å². The summed E-state index contributed by atoms with van der Waals surface area (Å²) >= 11 is 0. The van der Waals surface area contributed by atoms with E-state index in [0.717, 1.165) is 39.4 Å². The highest BCUT2D eigenvalue weighted by Gasteiger charge is 2.20. The van der Waals surface area contributed by atoms with Gasteiger partial charge in [-0.3, -0.25) is 4.79 Å². The molecule has 0 bridgehead atoms. The van der Waals surface area contributed by atoms with Crippen LogP contribution in [-0.4, -0.2) is 41.5 Å². The molecular weight excluding hydrogens is 324 g/mol. The van der Waals surface area contributed by atoms with E-state index in [9.17, 15) is 4.79 Å². The fourth-order valence-corrected chi connectivity index (χ4v) is 3.32. The molecule has 1 aromatic heterocycles. The van der Waals surface area contributed by atoms with Crippen molar-refractivity contribution in [2.45, 2.75) is 20.8 Å². The number of hydrogen-bond donors (Lipinski definition) is 0. The van der Waals surface area contributed by atoms with Gasteiger partial charge in [0.05, 0.1) is 11.2 Å². The van der Waals surface area contributed by atoms with E-state index >= 15 is 0 Å². The van der Waals surface area contributed by atoms with Gasteiger partial charge in [-0.15, -0.1) is 0 Å². The van der Waals surface area contributed by atoms with Crippen molar-refractivity contribution in [3.63, 3.8) is 0 Å². The van der Waals surface area contributed by atoms with Crippen molar-refractivity contribution in [1.29, 1.82) is 0 Å². The smallest absolute Gasteiger partial charge is 0.253 e. The minimum absolute atomic E-state index is 0.0377. The molecule has 5 heteroatoms. The van der Waals surface area contributed by atoms with Crippen LogP contribution in [0.5, 0.6) is 0 Å². The Morgan fingerprint density at radius 2 is 1.81 bits per heavy atom. The van der Waals surface area contributed by atoms with Crippen LogP contribution in [0.25, 0.3) is 11.0 Å². The third kappa shape index (κ3) is 2.83. The average molecular weight is 351 g/mol. The van der Waals surface area contributed by atoms with Crippen LogP contribution >= 0.6 is 0 Å². The van der Waals surface area contributed by atoms with Crippen LogP contribution in [0.4, 0.5) is 11.4 Å². The Balaban J connectivity index is 2.34. The monoisotopic (exact) mass is 351 g/mol. The molecule has 0 saturated heterocycles. The summed E-state index contributed by atoms with van der Waals surface area (Å²) in [5.74, 6) is 0.801. The molecule has 1 heterocycles. The number of benzene rings is 2. The molecule has 0 spiro atoms. The Bertz CT molecular complexity index is 1000. The van der Waals surface area contributed by atoms with Gasteiger partial charge < -0.3 is 14.4 Å². The Morgan fingerprint density at radius 1 is 1.15 bits per heavy atom. The molecule has 1 amide bonds. The maximum Gasteiger partial charge on any atom is 0.253 e. The maximum atomic E-state index is 12.7. The molecule has 3 rings (SSSR count). The molecule has 0 fully saturated rings. The van der Waals surface area contributed by atoms with Gasteiger partial charge in [0, 0.05) is 40.8 Å². The fourth-order valence-electron chi connectivity index (χ4n) is 3.32. The van der Waals surface area contributed by atoms with Crippen molar-refractivity contribution in [3.8, 4) is 0 Å².